The topological polar surface area (TPSA) is 49.4 Å². The summed E-state index contributed by atoms with van der Waals surface area (Å²) in [4.78, 5) is 1.42. The molecule has 8 heteroatoms. The standard InChI is InChI=1S/C12H19BrN2O2S3/c1-8-6-15(7-9(2)18-8)20(16,17)11-4-10(5-14-3)19-12(11)13/h4,8-9,14H,5-7H2,1-3H3. The molecule has 1 aromatic rings. The van der Waals surface area contributed by atoms with Crippen molar-refractivity contribution in [3.8, 4) is 0 Å². The van der Waals surface area contributed by atoms with Gasteiger partial charge in [0.2, 0.25) is 10.0 Å². The number of thioether (sulfide) groups is 1. The van der Waals surface area contributed by atoms with Crippen LogP contribution in [0.5, 0.6) is 0 Å². The van der Waals surface area contributed by atoms with Crippen molar-refractivity contribution < 1.29 is 8.42 Å². The van der Waals surface area contributed by atoms with E-state index in [4.69, 9.17) is 0 Å². The minimum atomic E-state index is -3.40. The van der Waals surface area contributed by atoms with Crippen molar-refractivity contribution >= 4 is 49.1 Å². The Balaban J connectivity index is 2.30. The van der Waals surface area contributed by atoms with E-state index in [1.807, 2.05) is 18.8 Å². The van der Waals surface area contributed by atoms with Crippen LogP contribution in [-0.2, 0) is 16.6 Å². The fourth-order valence-corrected chi connectivity index (χ4v) is 8.08. The van der Waals surface area contributed by atoms with Crippen molar-refractivity contribution in [1.82, 2.24) is 9.62 Å². The summed E-state index contributed by atoms with van der Waals surface area (Å²) in [6.45, 7) is 6.01. The molecule has 0 spiro atoms. The number of sulfonamides is 1. The largest absolute Gasteiger partial charge is 0.315 e. The molecule has 4 nitrogen and oxygen atoms in total. The lowest BCUT2D eigenvalue weighted by Gasteiger charge is -2.33. The van der Waals surface area contributed by atoms with Crippen molar-refractivity contribution in [3.05, 3.63) is 14.7 Å². The van der Waals surface area contributed by atoms with E-state index < -0.39 is 10.0 Å². The second-order valence-corrected chi connectivity index (χ2v) is 11.2. The molecule has 1 aliphatic rings. The first kappa shape index (κ1) is 16.8. The average Bonchev–Trinajstić information content (AvgIpc) is 2.70. The Labute approximate surface area is 137 Å². The summed E-state index contributed by atoms with van der Waals surface area (Å²) in [5.74, 6) is 0. The van der Waals surface area contributed by atoms with Gasteiger partial charge in [-0.15, -0.1) is 11.3 Å². The number of nitrogens with zero attached hydrogens (tertiary/aromatic N) is 1. The van der Waals surface area contributed by atoms with Crippen LogP contribution >= 0.6 is 39.0 Å². The lowest BCUT2D eigenvalue weighted by Crippen LogP contribution is -2.43. The number of hydrogen-bond acceptors (Lipinski definition) is 5. The highest BCUT2D eigenvalue weighted by molar-refractivity contribution is 9.11. The van der Waals surface area contributed by atoms with Crippen LogP contribution in [-0.4, -0.2) is 43.4 Å². The van der Waals surface area contributed by atoms with E-state index in [2.05, 4.69) is 35.1 Å². The smallest absolute Gasteiger partial charge is 0.245 e. The normalized spacial score (nSPS) is 25.0. The van der Waals surface area contributed by atoms with Crippen LogP contribution in [0.3, 0.4) is 0 Å². The highest BCUT2D eigenvalue weighted by atomic mass is 79.9. The molecule has 1 fully saturated rings. The zero-order valence-electron chi connectivity index (χ0n) is 11.7. The average molecular weight is 399 g/mol. The van der Waals surface area contributed by atoms with Crippen molar-refractivity contribution in [2.75, 3.05) is 20.1 Å². The Morgan fingerprint density at radius 3 is 2.55 bits per heavy atom. The third-order valence-corrected chi connectivity index (χ3v) is 8.37. The molecule has 20 heavy (non-hydrogen) atoms. The SMILES string of the molecule is CNCc1cc(S(=O)(=O)N2CC(C)SC(C)C2)c(Br)s1. The van der Waals surface area contributed by atoms with Gasteiger partial charge in [-0.25, -0.2) is 8.42 Å². The van der Waals surface area contributed by atoms with Crippen LogP contribution in [0.25, 0.3) is 0 Å². The van der Waals surface area contributed by atoms with E-state index in [1.54, 1.807) is 10.4 Å². The van der Waals surface area contributed by atoms with Gasteiger partial charge in [0.15, 0.2) is 0 Å². The number of hydrogen-bond donors (Lipinski definition) is 1. The molecule has 1 aliphatic heterocycles. The number of thiophene rings is 1. The molecule has 1 aromatic heterocycles. The predicted molar refractivity (Wildman–Crippen MR) is 90.1 cm³/mol. The number of halogens is 1. The van der Waals surface area contributed by atoms with E-state index in [-0.39, 0.29) is 0 Å². The van der Waals surface area contributed by atoms with Crippen molar-refractivity contribution in [2.24, 2.45) is 0 Å². The Hall–Kier alpha value is 0.400. The Morgan fingerprint density at radius 2 is 2.00 bits per heavy atom. The van der Waals surface area contributed by atoms with Gasteiger partial charge in [-0.2, -0.15) is 16.1 Å². The van der Waals surface area contributed by atoms with E-state index in [0.29, 0.717) is 38.8 Å². The lowest BCUT2D eigenvalue weighted by atomic mass is 10.4. The van der Waals surface area contributed by atoms with Gasteiger partial charge in [0.1, 0.15) is 4.90 Å². The van der Waals surface area contributed by atoms with Gasteiger partial charge in [-0.1, -0.05) is 13.8 Å². The molecular formula is C12H19BrN2O2S3. The Morgan fingerprint density at radius 1 is 1.40 bits per heavy atom. The highest BCUT2D eigenvalue weighted by Crippen LogP contribution is 2.36. The van der Waals surface area contributed by atoms with Gasteiger partial charge in [-0.05, 0) is 29.0 Å². The molecule has 2 rings (SSSR count). The molecule has 1 saturated heterocycles. The summed E-state index contributed by atoms with van der Waals surface area (Å²) in [5.41, 5.74) is 0. The maximum Gasteiger partial charge on any atom is 0.245 e. The fourth-order valence-electron chi connectivity index (χ4n) is 2.30. The van der Waals surface area contributed by atoms with Crippen LogP contribution in [0, 0.1) is 0 Å². The van der Waals surface area contributed by atoms with Gasteiger partial charge in [0, 0.05) is 35.0 Å². The molecular weight excluding hydrogens is 380 g/mol. The second-order valence-electron chi connectivity index (χ2n) is 4.96. The summed E-state index contributed by atoms with van der Waals surface area (Å²) in [6, 6.07) is 1.78. The van der Waals surface area contributed by atoms with E-state index >= 15 is 0 Å². The number of rotatable bonds is 4. The zero-order valence-corrected chi connectivity index (χ0v) is 15.8. The van der Waals surface area contributed by atoms with Gasteiger partial charge >= 0.3 is 0 Å². The molecule has 0 aliphatic carbocycles. The molecule has 0 radical (unpaired) electrons. The summed E-state index contributed by atoms with van der Waals surface area (Å²) < 4.78 is 27.9. The molecule has 114 valence electrons. The first-order chi connectivity index (χ1) is 9.34. The summed E-state index contributed by atoms with van der Waals surface area (Å²) in [6.07, 6.45) is 0. The molecule has 0 amide bonds. The summed E-state index contributed by atoms with van der Waals surface area (Å²) >= 11 is 6.72. The van der Waals surface area contributed by atoms with Crippen molar-refractivity contribution in [3.63, 3.8) is 0 Å². The van der Waals surface area contributed by atoms with Gasteiger partial charge in [0.05, 0.1) is 3.79 Å². The molecule has 2 heterocycles. The van der Waals surface area contributed by atoms with Crippen molar-refractivity contribution in [1.29, 1.82) is 0 Å². The van der Waals surface area contributed by atoms with Crippen molar-refractivity contribution in [2.45, 2.75) is 35.8 Å². The quantitative estimate of drug-likeness (QED) is 0.846. The van der Waals surface area contributed by atoms with Crippen LogP contribution in [0.1, 0.15) is 18.7 Å². The van der Waals surface area contributed by atoms with Gasteiger partial charge < -0.3 is 5.32 Å². The summed E-state index contributed by atoms with van der Waals surface area (Å²) in [7, 11) is -1.55. The number of nitrogens with one attached hydrogen (secondary N) is 1. The van der Waals surface area contributed by atoms with Crippen LogP contribution in [0.2, 0.25) is 0 Å². The molecule has 1 N–H and O–H groups in total. The van der Waals surface area contributed by atoms with Gasteiger partial charge in [0.25, 0.3) is 0 Å². The predicted octanol–water partition coefficient (Wildman–Crippen LogP) is 2.74. The maximum atomic E-state index is 12.8. The molecule has 0 saturated carbocycles. The van der Waals surface area contributed by atoms with Crippen LogP contribution in [0.4, 0.5) is 0 Å². The van der Waals surface area contributed by atoms with Gasteiger partial charge in [-0.3, -0.25) is 0 Å². The monoisotopic (exact) mass is 398 g/mol. The third kappa shape index (κ3) is 3.59. The minimum Gasteiger partial charge on any atom is -0.315 e. The van der Waals surface area contributed by atoms with E-state index in [9.17, 15) is 8.42 Å². The fraction of sp³-hybridized carbons (Fsp3) is 0.667. The lowest BCUT2D eigenvalue weighted by molar-refractivity contribution is 0.405. The Kier molecular flexibility index (Phi) is 5.58. The molecule has 2 unspecified atom stereocenters. The highest BCUT2D eigenvalue weighted by Gasteiger charge is 2.34. The molecule has 0 aromatic carbocycles. The third-order valence-electron chi connectivity index (χ3n) is 3.06. The minimum absolute atomic E-state index is 0.336. The maximum absolute atomic E-state index is 12.8. The van der Waals surface area contributed by atoms with E-state index in [0.717, 1.165) is 4.88 Å². The molecule has 0 bridgehead atoms. The summed E-state index contributed by atoms with van der Waals surface area (Å²) in [5, 5.41) is 3.72. The van der Waals surface area contributed by atoms with Crippen LogP contribution in [0.15, 0.2) is 14.7 Å². The second kappa shape index (κ2) is 6.66. The Bertz CT molecular complexity index is 563. The first-order valence-electron chi connectivity index (χ1n) is 6.43. The van der Waals surface area contributed by atoms with Crippen LogP contribution < -0.4 is 5.32 Å². The zero-order chi connectivity index (χ0) is 14.9. The molecule has 2 atom stereocenters. The first-order valence-corrected chi connectivity index (χ1v) is 10.4. The van der Waals surface area contributed by atoms with E-state index in [1.165, 1.54) is 11.3 Å².